The zero-order valence-corrected chi connectivity index (χ0v) is 13.1. The molecule has 6 heteroatoms. The molecule has 1 saturated carbocycles. The van der Waals surface area contributed by atoms with Gasteiger partial charge in [-0.15, -0.1) is 0 Å². The molecule has 1 aliphatic carbocycles. The van der Waals surface area contributed by atoms with Crippen LogP contribution < -0.4 is 0 Å². The number of nitrogens with zero attached hydrogens (tertiary/aromatic N) is 1. The molecule has 1 aliphatic rings. The Morgan fingerprint density at radius 2 is 2.00 bits per heavy atom. The van der Waals surface area contributed by atoms with Gasteiger partial charge in [-0.1, -0.05) is 30.3 Å². The summed E-state index contributed by atoms with van der Waals surface area (Å²) in [6, 6.07) is 9.68. The highest BCUT2D eigenvalue weighted by Crippen LogP contribution is 2.30. The fourth-order valence-electron chi connectivity index (χ4n) is 2.11. The number of sulfonamides is 1. The number of rotatable bonds is 9. The third-order valence-electron chi connectivity index (χ3n) is 3.46. The van der Waals surface area contributed by atoms with E-state index in [4.69, 9.17) is 4.74 Å². The number of hydrogen-bond acceptors (Lipinski definition) is 4. The van der Waals surface area contributed by atoms with Gasteiger partial charge in [-0.05, 0) is 24.3 Å². The fraction of sp³-hybridized carbons (Fsp3) is 0.600. The first kappa shape index (κ1) is 16.4. The van der Waals surface area contributed by atoms with Crippen molar-refractivity contribution in [3.63, 3.8) is 0 Å². The van der Waals surface area contributed by atoms with Gasteiger partial charge in [0.15, 0.2) is 0 Å². The van der Waals surface area contributed by atoms with Crippen LogP contribution in [0.1, 0.15) is 18.4 Å². The molecule has 1 aromatic carbocycles. The molecule has 0 spiro atoms. The second-order valence-corrected chi connectivity index (χ2v) is 7.66. The van der Waals surface area contributed by atoms with Crippen LogP contribution in [0, 0.1) is 5.92 Å². The largest absolute Gasteiger partial charge is 0.389 e. The Hall–Kier alpha value is -0.950. The Bertz CT molecular complexity index is 528. The smallest absolute Gasteiger partial charge is 0.211 e. The molecule has 5 nitrogen and oxygen atoms in total. The van der Waals surface area contributed by atoms with E-state index < -0.39 is 16.1 Å². The van der Waals surface area contributed by atoms with Gasteiger partial charge in [-0.3, -0.25) is 0 Å². The van der Waals surface area contributed by atoms with Crippen LogP contribution in [0.15, 0.2) is 30.3 Å². The van der Waals surface area contributed by atoms with E-state index in [1.54, 1.807) is 0 Å². The third kappa shape index (κ3) is 6.13. The van der Waals surface area contributed by atoms with Gasteiger partial charge in [0.25, 0.3) is 0 Å². The summed E-state index contributed by atoms with van der Waals surface area (Å²) in [7, 11) is -3.27. The van der Waals surface area contributed by atoms with Gasteiger partial charge in [-0.2, -0.15) is 4.31 Å². The first-order valence-corrected chi connectivity index (χ1v) is 9.05. The highest BCUT2D eigenvalue weighted by atomic mass is 32.2. The number of aliphatic hydroxyl groups excluding tert-OH is 1. The number of benzene rings is 1. The van der Waals surface area contributed by atoms with Crippen LogP contribution in [0.25, 0.3) is 0 Å². The Morgan fingerprint density at radius 3 is 2.57 bits per heavy atom. The topological polar surface area (TPSA) is 66.8 Å². The fourth-order valence-corrected chi connectivity index (χ4v) is 3.03. The van der Waals surface area contributed by atoms with E-state index >= 15 is 0 Å². The molecule has 1 fully saturated rings. The molecule has 21 heavy (non-hydrogen) atoms. The standard InChI is InChI=1S/C15H23NO4S/c1-21(18,19)16(9-13-7-8-13)10-15(17)12-20-11-14-5-3-2-4-6-14/h2-6,13,15,17H,7-12H2,1H3. The van der Waals surface area contributed by atoms with Crippen LogP contribution in [-0.4, -0.2) is 49.9 Å². The van der Waals surface area contributed by atoms with Crippen molar-refractivity contribution in [1.29, 1.82) is 0 Å². The molecule has 2 rings (SSSR count). The molecule has 1 N–H and O–H groups in total. The van der Waals surface area contributed by atoms with Crippen molar-refractivity contribution in [2.24, 2.45) is 5.92 Å². The van der Waals surface area contributed by atoms with Gasteiger partial charge in [-0.25, -0.2) is 8.42 Å². The van der Waals surface area contributed by atoms with Crippen LogP contribution in [-0.2, 0) is 21.4 Å². The van der Waals surface area contributed by atoms with Crippen molar-refractivity contribution in [1.82, 2.24) is 4.31 Å². The first-order chi connectivity index (χ1) is 9.95. The van der Waals surface area contributed by atoms with Gasteiger partial charge in [0, 0.05) is 13.1 Å². The van der Waals surface area contributed by atoms with Gasteiger partial charge >= 0.3 is 0 Å². The SMILES string of the molecule is CS(=O)(=O)N(CC(O)COCc1ccccc1)CC1CC1. The molecule has 0 radical (unpaired) electrons. The van der Waals surface area contributed by atoms with Gasteiger partial charge in [0.2, 0.25) is 10.0 Å². The predicted octanol–water partition coefficient (Wildman–Crippen LogP) is 1.24. The van der Waals surface area contributed by atoms with E-state index in [0.29, 0.717) is 19.1 Å². The summed E-state index contributed by atoms with van der Waals surface area (Å²) in [5.41, 5.74) is 1.03. The molecular weight excluding hydrogens is 290 g/mol. The Balaban J connectivity index is 1.75. The summed E-state index contributed by atoms with van der Waals surface area (Å²) in [5.74, 6) is 0.456. The maximum absolute atomic E-state index is 11.7. The quantitative estimate of drug-likeness (QED) is 0.745. The Labute approximate surface area is 126 Å². The van der Waals surface area contributed by atoms with Crippen molar-refractivity contribution >= 4 is 10.0 Å². The lowest BCUT2D eigenvalue weighted by Gasteiger charge is -2.22. The maximum atomic E-state index is 11.7. The number of hydrogen-bond donors (Lipinski definition) is 1. The van der Waals surface area contributed by atoms with Gasteiger partial charge in [0.05, 0.1) is 25.6 Å². The summed E-state index contributed by atoms with van der Waals surface area (Å²) < 4.78 is 30.2. The highest BCUT2D eigenvalue weighted by molar-refractivity contribution is 7.88. The Kier molecular flexibility index (Phi) is 5.75. The zero-order valence-electron chi connectivity index (χ0n) is 12.3. The molecule has 0 aromatic heterocycles. The van der Waals surface area contributed by atoms with E-state index in [-0.39, 0.29) is 13.2 Å². The second-order valence-electron chi connectivity index (χ2n) is 5.68. The summed E-state index contributed by atoms with van der Waals surface area (Å²) >= 11 is 0. The van der Waals surface area contributed by atoms with Gasteiger partial charge in [0.1, 0.15) is 0 Å². The van der Waals surface area contributed by atoms with E-state index in [2.05, 4.69) is 0 Å². The summed E-state index contributed by atoms with van der Waals surface area (Å²) in [5, 5.41) is 9.96. The van der Waals surface area contributed by atoms with E-state index in [9.17, 15) is 13.5 Å². The minimum absolute atomic E-state index is 0.101. The lowest BCUT2D eigenvalue weighted by atomic mass is 10.2. The number of aliphatic hydroxyl groups is 1. The normalized spacial score (nSPS) is 17.1. The maximum Gasteiger partial charge on any atom is 0.211 e. The summed E-state index contributed by atoms with van der Waals surface area (Å²) in [6.07, 6.45) is 2.54. The van der Waals surface area contributed by atoms with Crippen molar-refractivity contribution in [2.45, 2.75) is 25.6 Å². The van der Waals surface area contributed by atoms with Crippen molar-refractivity contribution in [3.8, 4) is 0 Å². The molecule has 0 amide bonds. The lowest BCUT2D eigenvalue weighted by molar-refractivity contribution is 0.0200. The van der Waals surface area contributed by atoms with Gasteiger partial charge < -0.3 is 9.84 Å². The predicted molar refractivity (Wildman–Crippen MR) is 81.2 cm³/mol. The van der Waals surface area contributed by atoms with E-state index in [1.165, 1.54) is 10.6 Å². The van der Waals surface area contributed by atoms with Crippen LogP contribution in [0.5, 0.6) is 0 Å². The molecule has 1 aromatic rings. The first-order valence-electron chi connectivity index (χ1n) is 7.20. The molecular formula is C15H23NO4S. The lowest BCUT2D eigenvalue weighted by Crippen LogP contribution is -2.39. The Morgan fingerprint density at radius 1 is 1.33 bits per heavy atom. The molecule has 0 aliphatic heterocycles. The van der Waals surface area contributed by atoms with Crippen molar-refractivity contribution < 1.29 is 18.3 Å². The second kappa shape index (κ2) is 7.35. The van der Waals surface area contributed by atoms with Crippen molar-refractivity contribution in [2.75, 3.05) is 26.0 Å². The average Bonchev–Trinajstić information content (AvgIpc) is 3.22. The average molecular weight is 313 g/mol. The van der Waals surface area contributed by atoms with Crippen LogP contribution in [0.4, 0.5) is 0 Å². The van der Waals surface area contributed by atoms with Crippen LogP contribution >= 0.6 is 0 Å². The van der Waals surface area contributed by atoms with E-state index in [1.807, 2.05) is 30.3 Å². The number of ether oxygens (including phenoxy) is 1. The zero-order chi connectivity index (χ0) is 15.3. The molecule has 0 saturated heterocycles. The summed E-state index contributed by atoms with van der Waals surface area (Å²) in [6.45, 7) is 1.16. The van der Waals surface area contributed by atoms with Crippen molar-refractivity contribution in [3.05, 3.63) is 35.9 Å². The molecule has 1 atom stereocenters. The molecule has 1 unspecified atom stereocenters. The summed E-state index contributed by atoms with van der Waals surface area (Å²) in [4.78, 5) is 0. The van der Waals surface area contributed by atoms with Crippen LogP contribution in [0.2, 0.25) is 0 Å². The van der Waals surface area contributed by atoms with E-state index in [0.717, 1.165) is 18.4 Å². The molecule has 118 valence electrons. The molecule has 0 bridgehead atoms. The third-order valence-corrected chi connectivity index (χ3v) is 4.70. The minimum atomic E-state index is -3.27. The highest BCUT2D eigenvalue weighted by Gasteiger charge is 2.29. The minimum Gasteiger partial charge on any atom is -0.389 e. The van der Waals surface area contributed by atoms with Crippen LogP contribution in [0.3, 0.4) is 0 Å². The monoisotopic (exact) mass is 313 g/mol. The molecule has 0 heterocycles.